The molecule has 3 rings (SSSR count). The molecule has 0 fully saturated rings. The van der Waals surface area contributed by atoms with Gasteiger partial charge in [0.05, 0.1) is 5.69 Å². The third kappa shape index (κ3) is 3.14. The predicted molar refractivity (Wildman–Crippen MR) is 90.4 cm³/mol. The van der Waals surface area contributed by atoms with Gasteiger partial charge in [-0.15, -0.1) is 0 Å². The van der Waals surface area contributed by atoms with E-state index in [9.17, 15) is 5.11 Å². The number of nitrogens with zero attached hydrogens (tertiary/aromatic N) is 3. The number of hydrogen-bond acceptors (Lipinski definition) is 5. The highest BCUT2D eigenvalue weighted by Gasteiger charge is 2.15. The number of nitrogens with two attached hydrogens (primary N) is 1. The summed E-state index contributed by atoms with van der Waals surface area (Å²) in [6.45, 7) is 0. The Morgan fingerprint density at radius 2 is 1.70 bits per heavy atom. The third-order valence-electron chi connectivity index (χ3n) is 3.26. The lowest BCUT2D eigenvalue weighted by Gasteiger charge is -2.09. The summed E-state index contributed by atoms with van der Waals surface area (Å²) in [5.74, 6) is 6.04. The highest BCUT2D eigenvalue weighted by atomic mass is 35.5. The Labute approximate surface area is 138 Å². The van der Waals surface area contributed by atoms with Crippen LogP contribution in [0.1, 0.15) is 11.3 Å². The number of aromatic nitrogens is 2. The van der Waals surface area contributed by atoms with E-state index in [4.69, 9.17) is 17.4 Å². The van der Waals surface area contributed by atoms with Crippen molar-refractivity contribution in [2.75, 3.05) is 0 Å². The zero-order valence-electron chi connectivity index (χ0n) is 12.0. The number of rotatable bonds is 3. The summed E-state index contributed by atoms with van der Waals surface area (Å²) in [7, 11) is 0. The van der Waals surface area contributed by atoms with Crippen LogP contribution in [0, 0.1) is 0 Å². The van der Waals surface area contributed by atoms with Gasteiger partial charge in [0.15, 0.2) is 5.82 Å². The molecule has 0 atom stereocenters. The number of benzene rings is 2. The van der Waals surface area contributed by atoms with Crippen molar-refractivity contribution in [1.29, 1.82) is 0 Å². The Kier molecular flexibility index (Phi) is 4.21. The first-order valence-corrected chi connectivity index (χ1v) is 7.23. The zero-order chi connectivity index (χ0) is 16.2. The van der Waals surface area contributed by atoms with Gasteiger partial charge < -0.3 is 10.9 Å². The molecule has 0 amide bonds. The summed E-state index contributed by atoms with van der Waals surface area (Å²) in [6.07, 6.45) is 0. The van der Waals surface area contributed by atoms with Crippen LogP contribution in [0.2, 0.25) is 5.15 Å². The van der Waals surface area contributed by atoms with Crippen LogP contribution in [-0.2, 0) is 0 Å². The van der Waals surface area contributed by atoms with Crippen molar-refractivity contribution in [3.63, 3.8) is 0 Å². The minimum absolute atomic E-state index is 0.0627. The lowest BCUT2D eigenvalue weighted by atomic mass is 10.1. The van der Waals surface area contributed by atoms with Crippen LogP contribution in [-0.4, -0.2) is 20.8 Å². The standard InChI is InChI=1S/C17H13ClN4O/c18-15-10-13(16(22-19)12-8-4-5-9-14(12)23)20-17(21-15)11-6-2-1-3-7-11/h1-10,23H,19H2/b22-16+. The van der Waals surface area contributed by atoms with Gasteiger partial charge in [-0.2, -0.15) is 5.10 Å². The van der Waals surface area contributed by atoms with Crippen molar-refractivity contribution in [3.8, 4) is 17.1 Å². The van der Waals surface area contributed by atoms with Crippen molar-refractivity contribution in [1.82, 2.24) is 9.97 Å². The first-order chi connectivity index (χ1) is 11.2. The second kappa shape index (κ2) is 6.46. The smallest absolute Gasteiger partial charge is 0.161 e. The van der Waals surface area contributed by atoms with Gasteiger partial charge in [0.2, 0.25) is 0 Å². The highest BCUT2D eigenvalue weighted by Crippen LogP contribution is 2.23. The number of phenols is 1. The van der Waals surface area contributed by atoms with E-state index in [1.807, 2.05) is 30.3 Å². The molecule has 0 saturated carbocycles. The third-order valence-corrected chi connectivity index (χ3v) is 3.45. The minimum Gasteiger partial charge on any atom is -0.507 e. The van der Waals surface area contributed by atoms with Gasteiger partial charge in [-0.25, -0.2) is 9.97 Å². The van der Waals surface area contributed by atoms with Crippen molar-refractivity contribution in [2.24, 2.45) is 10.9 Å². The summed E-state index contributed by atoms with van der Waals surface area (Å²) >= 11 is 6.12. The van der Waals surface area contributed by atoms with E-state index >= 15 is 0 Å². The quantitative estimate of drug-likeness (QED) is 0.335. The molecule has 3 aromatic rings. The maximum absolute atomic E-state index is 10.0. The maximum atomic E-state index is 10.0. The Morgan fingerprint density at radius 3 is 2.39 bits per heavy atom. The number of hydrogen-bond donors (Lipinski definition) is 2. The molecule has 5 nitrogen and oxygen atoms in total. The summed E-state index contributed by atoms with van der Waals surface area (Å²) in [5, 5.41) is 14.1. The molecule has 23 heavy (non-hydrogen) atoms. The van der Waals surface area contributed by atoms with E-state index in [-0.39, 0.29) is 10.9 Å². The molecular weight excluding hydrogens is 312 g/mol. The SMILES string of the molecule is N/N=C(/c1cc(Cl)nc(-c2ccccc2)n1)c1ccccc1O. The van der Waals surface area contributed by atoms with E-state index < -0.39 is 0 Å². The first-order valence-electron chi connectivity index (χ1n) is 6.85. The molecule has 1 aromatic heterocycles. The van der Waals surface area contributed by atoms with Gasteiger partial charge in [-0.05, 0) is 12.1 Å². The second-order valence-electron chi connectivity index (χ2n) is 4.76. The van der Waals surface area contributed by atoms with Gasteiger partial charge in [0.25, 0.3) is 0 Å². The lowest BCUT2D eigenvalue weighted by molar-refractivity contribution is 0.474. The van der Waals surface area contributed by atoms with E-state index in [1.165, 1.54) is 0 Å². The van der Waals surface area contributed by atoms with Crippen LogP contribution >= 0.6 is 11.6 Å². The van der Waals surface area contributed by atoms with Crippen molar-refractivity contribution < 1.29 is 5.11 Å². The van der Waals surface area contributed by atoms with Gasteiger partial charge in [-0.1, -0.05) is 54.1 Å². The summed E-state index contributed by atoms with van der Waals surface area (Å²) in [4.78, 5) is 8.71. The second-order valence-corrected chi connectivity index (χ2v) is 5.15. The fourth-order valence-electron chi connectivity index (χ4n) is 2.20. The topological polar surface area (TPSA) is 84.4 Å². The fraction of sp³-hybridized carbons (Fsp3) is 0. The van der Waals surface area contributed by atoms with E-state index in [1.54, 1.807) is 30.3 Å². The minimum atomic E-state index is 0.0627. The molecule has 2 aromatic carbocycles. The van der Waals surface area contributed by atoms with Crippen LogP contribution < -0.4 is 5.84 Å². The highest BCUT2D eigenvalue weighted by molar-refractivity contribution is 6.30. The molecule has 6 heteroatoms. The summed E-state index contributed by atoms with van der Waals surface area (Å²) in [6, 6.07) is 17.8. The average molecular weight is 325 g/mol. The maximum Gasteiger partial charge on any atom is 0.161 e. The Balaban J connectivity index is 2.13. The van der Waals surface area contributed by atoms with Crippen molar-refractivity contribution in [2.45, 2.75) is 0 Å². The normalized spacial score (nSPS) is 11.4. The van der Waals surface area contributed by atoms with Gasteiger partial charge in [-0.3, -0.25) is 0 Å². The van der Waals surface area contributed by atoms with E-state index in [2.05, 4.69) is 15.1 Å². The van der Waals surface area contributed by atoms with E-state index in [0.717, 1.165) is 5.56 Å². The van der Waals surface area contributed by atoms with Gasteiger partial charge in [0.1, 0.15) is 16.6 Å². The molecule has 0 aliphatic heterocycles. The molecule has 114 valence electrons. The predicted octanol–water partition coefficient (Wildman–Crippen LogP) is 3.21. The van der Waals surface area contributed by atoms with Gasteiger partial charge >= 0.3 is 0 Å². The number of halogens is 1. The van der Waals surface area contributed by atoms with Crippen LogP contribution in [0.15, 0.2) is 65.8 Å². The van der Waals surface area contributed by atoms with Crippen molar-refractivity contribution in [3.05, 3.63) is 77.1 Å². The molecule has 0 spiro atoms. The Morgan fingerprint density at radius 1 is 1.00 bits per heavy atom. The fourth-order valence-corrected chi connectivity index (χ4v) is 2.39. The molecule has 0 saturated heterocycles. The molecule has 0 aliphatic rings. The number of hydrazone groups is 1. The molecule has 1 heterocycles. The van der Waals surface area contributed by atoms with Crippen LogP contribution in [0.4, 0.5) is 0 Å². The zero-order valence-corrected chi connectivity index (χ0v) is 12.8. The first kappa shape index (κ1) is 15.0. The molecule has 0 unspecified atom stereocenters. The average Bonchev–Trinajstić information content (AvgIpc) is 2.58. The van der Waals surface area contributed by atoms with Crippen LogP contribution in [0.5, 0.6) is 5.75 Å². The molecule has 3 N–H and O–H groups in total. The lowest BCUT2D eigenvalue weighted by Crippen LogP contribution is -2.10. The number of phenolic OH excluding ortho intramolecular Hbond substituents is 1. The Hall–Kier alpha value is -2.92. The Bertz CT molecular complexity index is 865. The van der Waals surface area contributed by atoms with E-state index in [0.29, 0.717) is 22.8 Å². The molecule has 0 radical (unpaired) electrons. The number of para-hydroxylation sites is 1. The molecule has 0 bridgehead atoms. The largest absolute Gasteiger partial charge is 0.507 e. The summed E-state index contributed by atoms with van der Waals surface area (Å²) in [5.41, 5.74) is 2.08. The number of aromatic hydroxyl groups is 1. The van der Waals surface area contributed by atoms with Gasteiger partial charge in [0, 0.05) is 17.2 Å². The van der Waals surface area contributed by atoms with Crippen molar-refractivity contribution >= 4 is 17.3 Å². The monoisotopic (exact) mass is 324 g/mol. The van der Waals surface area contributed by atoms with Crippen LogP contribution in [0.25, 0.3) is 11.4 Å². The molecular formula is C17H13ClN4O. The summed E-state index contributed by atoms with van der Waals surface area (Å²) < 4.78 is 0. The molecule has 0 aliphatic carbocycles. The van der Waals surface area contributed by atoms with Crippen LogP contribution in [0.3, 0.4) is 0 Å².